The fraction of sp³-hybridized carbons (Fsp3) is 0.444. The molecule has 0 saturated heterocycles. The summed E-state index contributed by atoms with van der Waals surface area (Å²) in [5, 5.41) is 0.651. The number of nitrogens with zero attached hydrogens (tertiary/aromatic N) is 1. The van der Waals surface area contributed by atoms with Gasteiger partial charge in [0.05, 0.1) is 7.41 Å². The number of carbonyl (C=O) groups is 2. The van der Waals surface area contributed by atoms with Gasteiger partial charge in [-0.2, -0.15) is 0 Å². The predicted molar refractivity (Wildman–Crippen MR) is 88.5 cm³/mol. The lowest BCUT2D eigenvalue weighted by Gasteiger charge is -2.41. The van der Waals surface area contributed by atoms with Gasteiger partial charge in [0.2, 0.25) is 0 Å². The van der Waals surface area contributed by atoms with Crippen LogP contribution < -0.4 is 0 Å². The van der Waals surface area contributed by atoms with Gasteiger partial charge in [0.15, 0.2) is 0 Å². The zero-order valence-electron chi connectivity index (χ0n) is 14.4. The Bertz CT molecular complexity index is 738. The van der Waals surface area contributed by atoms with Crippen molar-refractivity contribution in [2.45, 2.75) is 51.2 Å². The molecule has 5 heteroatoms. The molecule has 4 nitrogen and oxygen atoms in total. The summed E-state index contributed by atoms with van der Waals surface area (Å²) in [6, 6.07) is 5.41. The molecule has 0 bridgehead atoms. The van der Waals surface area contributed by atoms with E-state index in [1.807, 2.05) is 12.1 Å². The Kier molecular flexibility index (Phi) is 3.64. The number of halogens is 1. The average Bonchev–Trinajstić information content (AvgIpc) is 2.44. The molecule has 1 aromatic rings. The van der Waals surface area contributed by atoms with Crippen LogP contribution in [0, 0.1) is 0 Å². The molecule has 1 aliphatic carbocycles. The van der Waals surface area contributed by atoms with Crippen LogP contribution in [0.15, 0.2) is 30.3 Å². The van der Waals surface area contributed by atoms with Gasteiger partial charge in [-0.05, 0) is 56.9 Å². The molecule has 1 heterocycles. The largest absolute Gasteiger partial charge is 0.443 e. The fourth-order valence-corrected chi connectivity index (χ4v) is 3.38. The number of rotatable bonds is 0. The molecule has 1 aromatic carbocycles. The lowest BCUT2D eigenvalue weighted by Crippen LogP contribution is -2.51. The molecule has 0 fully saturated rings. The van der Waals surface area contributed by atoms with E-state index in [1.165, 1.54) is 11.0 Å². The van der Waals surface area contributed by atoms with Gasteiger partial charge in [-0.25, -0.2) is 9.69 Å². The Morgan fingerprint density at radius 2 is 2.17 bits per heavy atom. The highest BCUT2D eigenvalue weighted by atomic mass is 35.5. The normalized spacial score (nSPS) is 24.3. The molecule has 0 saturated carbocycles. The van der Waals surface area contributed by atoms with Crippen LogP contribution in [0.25, 0.3) is 0 Å². The summed E-state index contributed by atoms with van der Waals surface area (Å²) in [6.45, 7) is 5.29. The molecule has 2 aliphatic rings. The van der Waals surface area contributed by atoms with Crippen LogP contribution in [0.2, 0.25) is 5.02 Å². The molecule has 23 heavy (non-hydrogen) atoms. The van der Waals surface area contributed by atoms with Crippen molar-refractivity contribution in [2.75, 3.05) is 0 Å². The second-order valence-electron chi connectivity index (χ2n) is 6.93. The third-order valence-corrected chi connectivity index (χ3v) is 4.32. The van der Waals surface area contributed by atoms with E-state index >= 15 is 0 Å². The number of hydrogen-bond acceptors (Lipinski definition) is 3. The summed E-state index contributed by atoms with van der Waals surface area (Å²) in [5.74, 6) is -0.802. The third-order valence-electron chi connectivity index (χ3n) is 4.08. The smallest absolute Gasteiger partial charge is 0.417 e. The second-order valence-corrected chi connectivity index (χ2v) is 7.36. The van der Waals surface area contributed by atoms with Crippen LogP contribution in [0.1, 0.15) is 45.6 Å². The maximum absolute atomic E-state index is 12.5. The van der Waals surface area contributed by atoms with E-state index in [9.17, 15) is 9.59 Å². The molecular formula is C18H20ClNO3. The molecule has 1 aliphatic heterocycles. The monoisotopic (exact) mass is 334 g/mol. The van der Waals surface area contributed by atoms with E-state index in [0.29, 0.717) is 17.9 Å². The number of imide groups is 1. The van der Waals surface area contributed by atoms with Crippen molar-refractivity contribution in [1.29, 1.82) is 0 Å². The number of carbonyl (C=O) groups excluding carboxylic acids is 2. The predicted octanol–water partition coefficient (Wildman–Crippen LogP) is 4.07. The van der Waals surface area contributed by atoms with Gasteiger partial charge in [-0.15, -0.1) is 0 Å². The van der Waals surface area contributed by atoms with Crippen LogP contribution in [-0.4, -0.2) is 28.5 Å². The highest BCUT2D eigenvalue weighted by Gasteiger charge is 2.41. The maximum atomic E-state index is 12.5. The second kappa shape index (κ2) is 5.68. The fourth-order valence-electron chi connectivity index (χ4n) is 3.18. The van der Waals surface area contributed by atoms with E-state index in [0.717, 1.165) is 11.1 Å². The van der Waals surface area contributed by atoms with Crippen LogP contribution in [0.3, 0.4) is 0 Å². The lowest BCUT2D eigenvalue weighted by molar-refractivity contribution is -0.128. The minimum Gasteiger partial charge on any atom is -0.443 e. The Balaban J connectivity index is 2.00. The first-order chi connectivity index (χ1) is 11.2. The van der Waals surface area contributed by atoms with Crippen molar-refractivity contribution in [3.8, 4) is 0 Å². The molecular weight excluding hydrogens is 314 g/mol. The molecule has 0 N–H and O–H groups in total. The van der Waals surface area contributed by atoms with Crippen molar-refractivity contribution >= 4 is 23.6 Å². The van der Waals surface area contributed by atoms with Crippen molar-refractivity contribution in [1.82, 2.24) is 4.90 Å². The van der Waals surface area contributed by atoms with Crippen LogP contribution in [0.4, 0.5) is 4.79 Å². The summed E-state index contributed by atoms with van der Waals surface area (Å²) >= 11 is 6.06. The van der Waals surface area contributed by atoms with E-state index in [4.69, 9.17) is 17.7 Å². The number of aryl methyl sites for hydroxylation is 1. The van der Waals surface area contributed by atoms with Gasteiger partial charge >= 0.3 is 6.09 Å². The quantitative estimate of drug-likeness (QED) is 0.718. The van der Waals surface area contributed by atoms with Gasteiger partial charge < -0.3 is 4.74 Å². The number of hydrogen-bond donors (Lipinski definition) is 0. The standard InChI is InChI=1S/C18H20ClNO3/c1-18(2,3)23-17(22)20-15-8-4-11-10-12(19)5-6-13(11)14(15)7-9-16(20)21/h5-7,9-10,14-15H,4,8H2,1-3H3/i7D. The maximum Gasteiger partial charge on any atom is 0.417 e. The minimum atomic E-state index is -0.683. The van der Waals surface area contributed by atoms with Crippen molar-refractivity contribution in [3.63, 3.8) is 0 Å². The molecule has 2 amide bonds. The molecule has 2 unspecified atom stereocenters. The van der Waals surface area contributed by atoms with Gasteiger partial charge in [-0.3, -0.25) is 4.79 Å². The van der Waals surface area contributed by atoms with E-state index < -0.39 is 23.6 Å². The summed E-state index contributed by atoms with van der Waals surface area (Å²) in [4.78, 5) is 26.1. The molecule has 0 radical (unpaired) electrons. The summed E-state index contributed by atoms with van der Waals surface area (Å²) < 4.78 is 13.6. The van der Waals surface area contributed by atoms with Gasteiger partial charge in [0.25, 0.3) is 5.91 Å². The SMILES string of the molecule is [2H]C1=CC(=O)N(C(=O)OC(C)(C)C)C2CCc3cc(Cl)ccc3C12. The molecule has 2 atom stereocenters. The Morgan fingerprint density at radius 3 is 2.87 bits per heavy atom. The van der Waals surface area contributed by atoms with E-state index in [-0.39, 0.29) is 12.0 Å². The number of benzene rings is 1. The molecule has 122 valence electrons. The zero-order chi connectivity index (χ0) is 17.6. The number of fused-ring (bicyclic) bond motifs is 3. The number of amides is 2. The van der Waals surface area contributed by atoms with Crippen molar-refractivity contribution in [2.24, 2.45) is 0 Å². The van der Waals surface area contributed by atoms with Crippen molar-refractivity contribution < 1.29 is 15.7 Å². The third kappa shape index (κ3) is 3.13. The Labute approximate surface area is 142 Å². The highest BCUT2D eigenvalue weighted by Crippen LogP contribution is 2.39. The molecule has 0 spiro atoms. The zero-order valence-corrected chi connectivity index (χ0v) is 14.2. The Hall–Kier alpha value is -1.81. The summed E-state index contributed by atoms with van der Waals surface area (Å²) in [6.07, 6.45) is 1.87. The van der Waals surface area contributed by atoms with E-state index in [2.05, 4.69) is 0 Å². The van der Waals surface area contributed by atoms with Crippen LogP contribution >= 0.6 is 11.6 Å². The first-order valence-corrected chi connectivity index (χ1v) is 8.08. The first-order valence-electron chi connectivity index (χ1n) is 8.20. The average molecular weight is 335 g/mol. The van der Waals surface area contributed by atoms with Gasteiger partial charge in [-0.1, -0.05) is 23.7 Å². The first kappa shape index (κ1) is 14.8. The van der Waals surface area contributed by atoms with Gasteiger partial charge in [0.1, 0.15) is 5.60 Å². The summed E-state index contributed by atoms with van der Waals surface area (Å²) in [5.41, 5.74) is 1.34. The van der Waals surface area contributed by atoms with E-state index in [1.54, 1.807) is 26.8 Å². The topological polar surface area (TPSA) is 46.6 Å². The highest BCUT2D eigenvalue weighted by molar-refractivity contribution is 6.30. The number of ether oxygens (including phenoxy) is 1. The molecule has 3 rings (SSSR count). The van der Waals surface area contributed by atoms with Crippen LogP contribution in [-0.2, 0) is 16.0 Å². The van der Waals surface area contributed by atoms with Crippen molar-refractivity contribution in [3.05, 3.63) is 46.5 Å². The minimum absolute atomic E-state index is 0.230. The lowest BCUT2D eigenvalue weighted by atomic mass is 9.77. The van der Waals surface area contributed by atoms with Crippen LogP contribution in [0.5, 0.6) is 0 Å². The van der Waals surface area contributed by atoms with Gasteiger partial charge in [0, 0.05) is 17.0 Å². The summed E-state index contributed by atoms with van der Waals surface area (Å²) in [7, 11) is 0. The molecule has 0 aromatic heterocycles. The Morgan fingerprint density at radius 1 is 1.43 bits per heavy atom.